The number of fused-ring (bicyclic) bond motifs is 3. The van der Waals surface area contributed by atoms with Crippen LogP contribution in [0.1, 0.15) is 42.9 Å². The fraction of sp³-hybridized carbons (Fsp3) is 0.500. The molecule has 4 nitrogen and oxygen atoms in total. The molecule has 2 aliphatic rings. The van der Waals surface area contributed by atoms with E-state index in [9.17, 15) is 18.0 Å². The Hall–Kier alpha value is -2.09. The highest BCUT2D eigenvalue weighted by atomic mass is 32.1. The molecule has 1 heterocycles. The van der Waals surface area contributed by atoms with Gasteiger partial charge < -0.3 is 16.0 Å². The summed E-state index contributed by atoms with van der Waals surface area (Å²) in [4.78, 5) is 16.0. The van der Waals surface area contributed by atoms with Crippen molar-refractivity contribution < 1.29 is 18.0 Å². The number of carbonyl (C=O) groups is 1. The number of hydrogen-bond acceptors (Lipinski definition) is 2. The third kappa shape index (κ3) is 3.74. The maximum absolute atomic E-state index is 13.8. The molecule has 0 radical (unpaired) electrons. The predicted octanol–water partition coefficient (Wildman–Crippen LogP) is 3.95. The lowest BCUT2D eigenvalue weighted by Crippen LogP contribution is -2.47. The Morgan fingerprint density at radius 1 is 1.32 bits per heavy atom. The molecule has 4 N–H and O–H groups in total. The largest absolute Gasteiger partial charge is 0.397 e. The molecule has 8 heteroatoms. The van der Waals surface area contributed by atoms with E-state index in [0.29, 0.717) is 23.4 Å². The monoisotopic (exact) mass is 409 g/mol. The molecule has 0 aliphatic heterocycles. The van der Waals surface area contributed by atoms with Crippen molar-refractivity contribution in [3.05, 3.63) is 35.5 Å². The van der Waals surface area contributed by atoms with E-state index in [2.05, 4.69) is 10.3 Å². The Kier molecular flexibility index (Phi) is 4.85. The van der Waals surface area contributed by atoms with Gasteiger partial charge in [0.2, 0.25) is 5.91 Å². The van der Waals surface area contributed by atoms with Crippen LogP contribution in [-0.4, -0.2) is 28.1 Å². The van der Waals surface area contributed by atoms with Crippen LogP contribution in [0, 0.1) is 11.8 Å². The molecule has 1 fully saturated rings. The highest BCUT2D eigenvalue weighted by Gasteiger charge is 2.48. The molecule has 1 amide bonds. The van der Waals surface area contributed by atoms with E-state index in [4.69, 9.17) is 18.0 Å². The maximum Gasteiger partial charge on any atom is 0.397 e. The van der Waals surface area contributed by atoms with Crippen LogP contribution in [0.4, 0.5) is 13.2 Å². The molecule has 28 heavy (non-hydrogen) atoms. The number of alkyl halides is 3. The first-order chi connectivity index (χ1) is 13.2. The normalized spacial score (nSPS) is 23.2. The highest BCUT2D eigenvalue weighted by Crippen LogP contribution is 2.46. The van der Waals surface area contributed by atoms with Crippen molar-refractivity contribution >= 4 is 34.0 Å². The van der Waals surface area contributed by atoms with Gasteiger partial charge in [-0.05, 0) is 36.8 Å². The Morgan fingerprint density at radius 2 is 2.04 bits per heavy atom. The van der Waals surface area contributed by atoms with E-state index in [1.54, 1.807) is 24.3 Å². The first-order valence-corrected chi connectivity index (χ1v) is 9.90. The molecule has 1 saturated carbocycles. The van der Waals surface area contributed by atoms with E-state index in [0.717, 1.165) is 18.2 Å². The molecule has 150 valence electrons. The van der Waals surface area contributed by atoms with Crippen LogP contribution in [-0.2, 0) is 11.2 Å². The number of H-pyrrole nitrogens is 1. The number of thiocarbonyl (C=S) groups is 1. The molecule has 0 saturated heterocycles. The third-order valence-electron chi connectivity index (χ3n) is 5.86. The smallest absolute Gasteiger partial charge is 0.392 e. The fourth-order valence-corrected chi connectivity index (χ4v) is 4.35. The van der Waals surface area contributed by atoms with Gasteiger partial charge in [-0.1, -0.05) is 43.3 Å². The van der Waals surface area contributed by atoms with Crippen LogP contribution in [0.5, 0.6) is 0 Å². The SMILES string of the molecule is NC(=S)[C@H](CC1CC1)NC(=O)C1Cc2c([nH]c3ccccc23)C(C(F)(F)F)C1. The van der Waals surface area contributed by atoms with Gasteiger partial charge in [0, 0.05) is 22.5 Å². The van der Waals surface area contributed by atoms with Crippen LogP contribution >= 0.6 is 12.2 Å². The molecule has 0 bridgehead atoms. The first kappa shape index (κ1) is 19.2. The van der Waals surface area contributed by atoms with Gasteiger partial charge in [0.15, 0.2) is 0 Å². The van der Waals surface area contributed by atoms with Gasteiger partial charge in [-0.3, -0.25) is 4.79 Å². The summed E-state index contributed by atoms with van der Waals surface area (Å²) < 4.78 is 41.3. The molecule has 0 spiro atoms. The zero-order valence-electron chi connectivity index (χ0n) is 15.2. The average molecular weight is 409 g/mol. The number of aromatic amines is 1. The maximum atomic E-state index is 13.8. The van der Waals surface area contributed by atoms with Gasteiger partial charge in [-0.15, -0.1) is 0 Å². The second kappa shape index (κ2) is 7.06. The molecular weight excluding hydrogens is 387 g/mol. The van der Waals surface area contributed by atoms with Crippen LogP contribution in [0.3, 0.4) is 0 Å². The van der Waals surface area contributed by atoms with Crippen molar-refractivity contribution in [3.8, 4) is 0 Å². The zero-order valence-corrected chi connectivity index (χ0v) is 16.0. The molecule has 2 aliphatic carbocycles. The van der Waals surface area contributed by atoms with Crippen molar-refractivity contribution in [3.63, 3.8) is 0 Å². The zero-order chi connectivity index (χ0) is 20.1. The molecular formula is C20H22F3N3OS. The minimum absolute atomic E-state index is 0.182. The summed E-state index contributed by atoms with van der Waals surface area (Å²) in [6, 6.07) is 6.67. The number of para-hydroxylation sites is 1. The van der Waals surface area contributed by atoms with E-state index in [-0.39, 0.29) is 23.5 Å². The lowest BCUT2D eigenvalue weighted by atomic mass is 9.78. The number of nitrogens with one attached hydrogen (secondary N) is 2. The van der Waals surface area contributed by atoms with Crippen LogP contribution in [0.25, 0.3) is 10.9 Å². The Bertz CT molecular complexity index is 919. The van der Waals surface area contributed by atoms with Crippen molar-refractivity contribution in [1.82, 2.24) is 10.3 Å². The van der Waals surface area contributed by atoms with E-state index in [1.165, 1.54) is 0 Å². The minimum Gasteiger partial charge on any atom is -0.392 e. The summed E-state index contributed by atoms with van der Waals surface area (Å²) in [5, 5.41) is 3.56. The van der Waals surface area contributed by atoms with E-state index >= 15 is 0 Å². The topological polar surface area (TPSA) is 70.9 Å². The highest BCUT2D eigenvalue weighted by molar-refractivity contribution is 7.80. The number of rotatable bonds is 5. The number of carbonyl (C=O) groups excluding carboxylic acids is 1. The lowest BCUT2D eigenvalue weighted by Gasteiger charge is -2.31. The minimum atomic E-state index is -4.43. The predicted molar refractivity (Wildman–Crippen MR) is 105 cm³/mol. The summed E-state index contributed by atoms with van der Waals surface area (Å²) in [7, 11) is 0. The third-order valence-corrected chi connectivity index (χ3v) is 6.14. The van der Waals surface area contributed by atoms with Gasteiger partial charge in [-0.2, -0.15) is 13.2 Å². The Labute approximate surface area is 166 Å². The summed E-state index contributed by atoms with van der Waals surface area (Å²) >= 11 is 5.06. The van der Waals surface area contributed by atoms with Gasteiger partial charge in [-0.25, -0.2) is 0 Å². The lowest BCUT2D eigenvalue weighted by molar-refractivity contribution is -0.158. The van der Waals surface area contributed by atoms with E-state index < -0.39 is 30.0 Å². The van der Waals surface area contributed by atoms with Crippen molar-refractivity contribution in [2.75, 3.05) is 0 Å². The Balaban J connectivity index is 1.62. The number of halogens is 3. The van der Waals surface area contributed by atoms with Crippen LogP contribution < -0.4 is 11.1 Å². The van der Waals surface area contributed by atoms with Crippen LogP contribution in [0.2, 0.25) is 0 Å². The molecule has 4 rings (SSSR count). The van der Waals surface area contributed by atoms with Gasteiger partial charge in [0.1, 0.15) is 0 Å². The average Bonchev–Trinajstić information content (AvgIpc) is 3.37. The van der Waals surface area contributed by atoms with Crippen molar-refractivity contribution in [1.29, 1.82) is 0 Å². The summed E-state index contributed by atoms with van der Waals surface area (Å²) in [5.41, 5.74) is 7.18. The quantitative estimate of drug-likeness (QED) is 0.655. The number of hydrogen-bond donors (Lipinski definition) is 3. The van der Waals surface area contributed by atoms with Crippen LogP contribution in [0.15, 0.2) is 24.3 Å². The summed E-state index contributed by atoms with van der Waals surface area (Å²) in [5.74, 6) is -2.37. The first-order valence-electron chi connectivity index (χ1n) is 9.50. The number of amides is 1. The molecule has 1 aromatic carbocycles. The number of aromatic nitrogens is 1. The van der Waals surface area contributed by atoms with E-state index in [1.807, 2.05) is 0 Å². The summed E-state index contributed by atoms with van der Waals surface area (Å²) in [6.45, 7) is 0. The number of nitrogens with two attached hydrogens (primary N) is 1. The molecule has 1 aromatic heterocycles. The van der Waals surface area contributed by atoms with Gasteiger partial charge >= 0.3 is 6.18 Å². The van der Waals surface area contributed by atoms with Gasteiger partial charge in [0.05, 0.1) is 16.9 Å². The van der Waals surface area contributed by atoms with Crippen molar-refractivity contribution in [2.45, 2.75) is 50.2 Å². The van der Waals surface area contributed by atoms with Gasteiger partial charge in [0.25, 0.3) is 0 Å². The Morgan fingerprint density at radius 3 is 2.68 bits per heavy atom. The molecule has 3 atom stereocenters. The number of benzene rings is 1. The molecule has 2 aromatic rings. The second-order valence-corrected chi connectivity index (χ2v) is 8.41. The second-order valence-electron chi connectivity index (χ2n) is 7.94. The summed E-state index contributed by atoms with van der Waals surface area (Å²) in [6.07, 6.45) is -1.62. The fourth-order valence-electron chi connectivity index (χ4n) is 4.19. The molecule has 2 unspecified atom stereocenters. The van der Waals surface area contributed by atoms with Crippen molar-refractivity contribution in [2.24, 2.45) is 17.6 Å². The standard InChI is InChI=1S/C20H22F3N3OS/c21-20(22,23)14-9-11(19(27)26-16(18(24)28)7-10-5-6-10)8-13-12-3-1-2-4-15(12)25-17(13)14/h1-4,10-11,14,16,25H,5-9H2,(H2,24,28)(H,26,27)/t11?,14?,16-/m0/s1.